The van der Waals surface area contributed by atoms with E-state index in [0.29, 0.717) is 0 Å². The zero-order valence-electron chi connectivity index (χ0n) is 13.0. The van der Waals surface area contributed by atoms with Gasteiger partial charge in [0.1, 0.15) is 0 Å². The second-order valence-electron chi connectivity index (χ2n) is 4.32. The SMILES string of the molecule is CCC.CCC.CCC.CCC1CCCN1. The number of nitrogens with one attached hydrogen (secondary N) is 1. The third kappa shape index (κ3) is 29.2. The minimum Gasteiger partial charge on any atom is -0.314 e. The Kier molecular flexibility index (Phi) is 32.3. The summed E-state index contributed by atoms with van der Waals surface area (Å²) in [6.07, 6.45) is 7.84. The predicted molar refractivity (Wildman–Crippen MR) is 79.2 cm³/mol. The summed E-state index contributed by atoms with van der Waals surface area (Å²) in [5.74, 6) is 0. The first kappa shape index (κ1) is 21.3. The summed E-state index contributed by atoms with van der Waals surface area (Å²) in [4.78, 5) is 0. The fourth-order valence-corrected chi connectivity index (χ4v) is 1.11. The number of rotatable bonds is 1. The van der Waals surface area contributed by atoms with Gasteiger partial charge in [-0.3, -0.25) is 0 Å². The van der Waals surface area contributed by atoms with Gasteiger partial charge in [-0.25, -0.2) is 0 Å². The van der Waals surface area contributed by atoms with Gasteiger partial charge in [-0.15, -0.1) is 0 Å². The minimum absolute atomic E-state index is 0.847. The van der Waals surface area contributed by atoms with Gasteiger partial charge in [0.05, 0.1) is 0 Å². The average Bonchev–Trinajstić information content (AvgIpc) is 2.73. The molecule has 0 spiro atoms. The lowest BCUT2D eigenvalue weighted by molar-refractivity contribution is 0.587. The molecular weight excluding hydrogens is 194 g/mol. The molecule has 1 nitrogen and oxygen atoms in total. The maximum Gasteiger partial charge on any atom is 0.00649 e. The average molecular weight is 231 g/mol. The third-order valence-electron chi connectivity index (χ3n) is 1.66. The van der Waals surface area contributed by atoms with E-state index in [1.165, 1.54) is 45.1 Å². The first-order chi connectivity index (χ1) is 7.67. The van der Waals surface area contributed by atoms with Crippen LogP contribution in [0, 0.1) is 0 Å². The van der Waals surface area contributed by atoms with Crippen molar-refractivity contribution in [2.45, 2.75) is 93.0 Å². The van der Waals surface area contributed by atoms with Crippen molar-refractivity contribution in [2.75, 3.05) is 6.54 Å². The predicted octanol–water partition coefficient (Wildman–Crippen LogP) is 5.40. The standard InChI is InChI=1S/C6H13N.3C3H8/c1-2-6-4-3-5-7-6;3*1-3-2/h6-7H,2-5H2,1H3;3*3H2,1-2H3. The Balaban J connectivity index is -0.000000161. The van der Waals surface area contributed by atoms with Crippen molar-refractivity contribution in [3.05, 3.63) is 0 Å². The van der Waals surface area contributed by atoms with E-state index in [0.717, 1.165) is 6.04 Å². The molecule has 1 atom stereocenters. The molecular formula is C15H37N. The van der Waals surface area contributed by atoms with Gasteiger partial charge in [-0.1, -0.05) is 67.7 Å². The van der Waals surface area contributed by atoms with Crippen molar-refractivity contribution < 1.29 is 0 Å². The van der Waals surface area contributed by atoms with Gasteiger partial charge >= 0.3 is 0 Å². The molecule has 0 aliphatic carbocycles. The minimum atomic E-state index is 0.847. The molecule has 102 valence electrons. The molecule has 0 aromatic rings. The van der Waals surface area contributed by atoms with Crippen LogP contribution in [0.3, 0.4) is 0 Å². The second kappa shape index (κ2) is 24.3. The Hall–Kier alpha value is -0.0400. The molecule has 1 rings (SSSR count). The Bertz CT molecular complexity index is 70.7. The van der Waals surface area contributed by atoms with Crippen molar-refractivity contribution in [1.29, 1.82) is 0 Å². The molecule has 0 saturated carbocycles. The lowest BCUT2D eigenvalue weighted by atomic mass is 10.2. The molecule has 1 unspecified atom stereocenters. The fourth-order valence-electron chi connectivity index (χ4n) is 1.11. The molecule has 1 saturated heterocycles. The summed E-state index contributed by atoms with van der Waals surface area (Å²) in [6.45, 7) is 16.2. The van der Waals surface area contributed by atoms with E-state index >= 15 is 0 Å². The number of hydrogen-bond acceptors (Lipinski definition) is 1. The molecule has 0 bridgehead atoms. The van der Waals surface area contributed by atoms with Crippen LogP contribution < -0.4 is 5.32 Å². The highest BCUT2D eigenvalue weighted by molar-refractivity contribution is 4.71. The lowest BCUT2D eigenvalue weighted by Gasteiger charge is -2.02. The monoisotopic (exact) mass is 231 g/mol. The zero-order valence-corrected chi connectivity index (χ0v) is 13.0. The second-order valence-corrected chi connectivity index (χ2v) is 4.32. The van der Waals surface area contributed by atoms with E-state index in [-0.39, 0.29) is 0 Å². The van der Waals surface area contributed by atoms with Crippen LogP contribution in [0.25, 0.3) is 0 Å². The van der Waals surface area contributed by atoms with E-state index in [1.807, 2.05) is 0 Å². The van der Waals surface area contributed by atoms with Crippen LogP contribution in [0.1, 0.15) is 87.0 Å². The molecule has 0 amide bonds. The highest BCUT2D eigenvalue weighted by Crippen LogP contribution is 2.06. The van der Waals surface area contributed by atoms with Gasteiger partial charge in [0.25, 0.3) is 0 Å². The maximum absolute atomic E-state index is 3.41. The van der Waals surface area contributed by atoms with Crippen LogP contribution in [-0.4, -0.2) is 12.6 Å². The van der Waals surface area contributed by atoms with Crippen LogP contribution >= 0.6 is 0 Å². The van der Waals surface area contributed by atoms with Gasteiger partial charge in [0, 0.05) is 6.04 Å². The molecule has 1 N–H and O–H groups in total. The van der Waals surface area contributed by atoms with Gasteiger partial charge in [-0.2, -0.15) is 0 Å². The summed E-state index contributed by atoms with van der Waals surface area (Å²) in [7, 11) is 0. The van der Waals surface area contributed by atoms with Crippen LogP contribution in [0.15, 0.2) is 0 Å². The lowest BCUT2D eigenvalue weighted by Crippen LogP contribution is -2.19. The molecule has 1 heteroatoms. The molecule has 0 aromatic carbocycles. The Morgan fingerprint density at radius 2 is 1.19 bits per heavy atom. The van der Waals surface area contributed by atoms with Crippen molar-refractivity contribution in [1.82, 2.24) is 5.32 Å². The Morgan fingerprint density at radius 3 is 1.31 bits per heavy atom. The summed E-state index contributed by atoms with van der Waals surface area (Å²) < 4.78 is 0. The number of hydrogen-bond donors (Lipinski definition) is 1. The van der Waals surface area contributed by atoms with Crippen molar-refractivity contribution in [3.63, 3.8) is 0 Å². The van der Waals surface area contributed by atoms with Gasteiger partial charge in [0.2, 0.25) is 0 Å². The Morgan fingerprint density at radius 1 is 0.812 bits per heavy atom. The van der Waals surface area contributed by atoms with Crippen LogP contribution in [0.2, 0.25) is 0 Å². The fraction of sp³-hybridized carbons (Fsp3) is 1.00. The quantitative estimate of drug-likeness (QED) is 0.637. The third-order valence-corrected chi connectivity index (χ3v) is 1.66. The highest BCUT2D eigenvalue weighted by atomic mass is 14.9. The maximum atomic E-state index is 3.41. The smallest absolute Gasteiger partial charge is 0.00649 e. The van der Waals surface area contributed by atoms with Crippen LogP contribution in [0.4, 0.5) is 0 Å². The van der Waals surface area contributed by atoms with E-state index in [4.69, 9.17) is 0 Å². The van der Waals surface area contributed by atoms with E-state index in [9.17, 15) is 0 Å². The zero-order chi connectivity index (χ0) is 13.2. The normalized spacial score (nSPS) is 17.1. The van der Waals surface area contributed by atoms with Crippen molar-refractivity contribution in [3.8, 4) is 0 Å². The van der Waals surface area contributed by atoms with Crippen molar-refractivity contribution in [2.24, 2.45) is 0 Å². The summed E-state index contributed by atoms with van der Waals surface area (Å²) in [5.41, 5.74) is 0. The molecule has 16 heavy (non-hydrogen) atoms. The topological polar surface area (TPSA) is 12.0 Å². The highest BCUT2D eigenvalue weighted by Gasteiger charge is 2.09. The first-order valence-electron chi connectivity index (χ1n) is 7.41. The molecule has 0 radical (unpaired) electrons. The van der Waals surface area contributed by atoms with Gasteiger partial charge < -0.3 is 5.32 Å². The molecule has 1 fully saturated rings. The largest absolute Gasteiger partial charge is 0.314 e. The molecule has 0 aromatic heterocycles. The van der Waals surface area contributed by atoms with E-state index in [1.54, 1.807) is 0 Å². The van der Waals surface area contributed by atoms with Crippen molar-refractivity contribution >= 4 is 0 Å². The Labute approximate surface area is 105 Å². The van der Waals surface area contributed by atoms with Crippen LogP contribution in [-0.2, 0) is 0 Å². The van der Waals surface area contributed by atoms with Gasteiger partial charge in [0.15, 0.2) is 0 Å². The summed E-state index contributed by atoms with van der Waals surface area (Å²) in [6, 6.07) is 0.847. The molecule has 1 aliphatic heterocycles. The van der Waals surface area contributed by atoms with E-state index < -0.39 is 0 Å². The first-order valence-corrected chi connectivity index (χ1v) is 7.41. The molecule has 1 aliphatic rings. The van der Waals surface area contributed by atoms with Gasteiger partial charge in [-0.05, 0) is 25.8 Å². The summed E-state index contributed by atoms with van der Waals surface area (Å²) in [5, 5.41) is 3.41. The molecule has 1 heterocycles. The van der Waals surface area contributed by atoms with Crippen LogP contribution in [0.5, 0.6) is 0 Å². The van der Waals surface area contributed by atoms with E-state index in [2.05, 4.69) is 53.8 Å². The summed E-state index contributed by atoms with van der Waals surface area (Å²) >= 11 is 0.